The Morgan fingerprint density at radius 3 is 2.61 bits per heavy atom. The summed E-state index contributed by atoms with van der Waals surface area (Å²) < 4.78 is 56.5. The van der Waals surface area contributed by atoms with Gasteiger partial charge in [-0.3, -0.25) is 4.79 Å². The van der Waals surface area contributed by atoms with Crippen molar-refractivity contribution in [2.75, 3.05) is 23.4 Å². The number of anilines is 2. The van der Waals surface area contributed by atoms with Crippen molar-refractivity contribution in [2.24, 2.45) is 0 Å². The quantitative estimate of drug-likeness (QED) is 0.260. The lowest BCUT2D eigenvalue weighted by Crippen LogP contribution is -2.33. The average molecular weight is 585 g/mol. The van der Waals surface area contributed by atoms with E-state index in [1.54, 1.807) is 23.6 Å². The Balaban J connectivity index is 1.40. The predicted octanol–water partition coefficient (Wildman–Crippen LogP) is 5.91. The van der Waals surface area contributed by atoms with Crippen LogP contribution in [-0.2, 0) is 6.18 Å². The van der Waals surface area contributed by atoms with Crippen molar-refractivity contribution in [3.05, 3.63) is 70.2 Å². The highest BCUT2D eigenvalue weighted by Gasteiger charge is 2.37. The van der Waals surface area contributed by atoms with Gasteiger partial charge in [0.15, 0.2) is 11.6 Å². The molecule has 1 aliphatic carbocycles. The number of aromatic nitrogens is 4. The summed E-state index contributed by atoms with van der Waals surface area (Å²) in [7, 11) is 0. The second kappa shape index (κ2) is 10.8. The molecule has 2 N–H and O–H groups in total. The summed E-state index contributed by atoms with van der Waals surface area (Å²) >= 11 is 1.55. The van der Waals surface area contributed by atoms with E-state index in [1.165, 1.54) is 18.5 Å². The third-order valence-electron chi connectivity index (χ3n) is 7.18. The fraction of sp³-hybridized carbons (Fsp3) is 0.321. The van der Waals surface area contributed by atoms with Crippen LogP contribution in [0.1, 0.15) is 52.5 Å². The van der Waals surface area contributed by atoms with Gasteiger partial charge >= 0.3 is 6.18 Å². The maximum atomic E-state index is 15.1. The van der Waals surface area contributed by atoms with E-state index in [1.807, 2.05) is 10.3 Å². The number of pyridine rings is 1. The summed E-state index contributed by atoms with van der Waals surface area (Å²) in [6, 6.07) is 3.97. The minimum Gasteiger partial charge on any atom is -0.394 e. The van der Waals surface area contributed by atoms with Gasteiger partial charge in [-0.25, -0.2) is 24.3 Å². The molecule has 2 fully saturated rings. The Hall–Kier alpha value is -3.97. The van der Waals surface area contributed by atoms with Gasteiger partial charge in [0.1, 0.15) is 5.82 Å². The van der Waals surface area contributed by atoms with Crippen LogP contribution >= 0.6 is 11.3 Å². The highest BCUT2D eigenvalue weighted by atomic mass is 32.1. The van der Waals surface area contributed by atoms with E-state index in [0.29, 0.717) is 29.5 Å². The summed E-state index contributed by atoms with van der Waals surface area (Å²) in [4.78, 5) is 32.4. The molecule has 13 heteroatoms. The zero-order chi connectivity index (χ0) is 28.7. The molecule has 1 aliphatic heterocycles. The topological polar surface area (TPSA) is 104 Å². The molecule has 0 spiro atoms. The smallest absolute Gasteiger partial charge is 0.394 e. The summed E-state index contributed by atoms with van der Waals surface area (Å²) in [6.45, 7) is 0.453. The van der Waals surface area contributed by atoms with Crippen molar-refractivity contribution in [3.63, 3.8) is 0 Å². The van der Waals surface area contributed by atoms with Crippen LogP contribution < -0.4 is 10.2 Å². The number of nitrogens with one attached hydrogen (secondary N) is 1. The molecule has 3 aromatic heterocycles. The van der Waals surface area contributed by atoms with Crippen LogP contribution in [0.2, 0.25) is 0 Å². The molecule has 41 heavy (non-hydrogen) atoms. The lowest BCUT2D eigenvalue weighted by atomic mass is 10.0. The van der Waals surface area contributed by atoms with E-state index in [-0.39, 0.29) is 30.2 Å². The van der Waals surface area contributed by atoms with Crippen molar-refractivity contribution in [1.82, 2.24) is 19.9 Å². The van der Waals surface area contributed by atoms with Crippen molar-refractivity contribution in [1.29, 1.82) is 0 Å². The zero-order valence-corrected chi connectivity index (χ0v) is 22.3. The predicted molar refractivity (Wildman–Crippen MR) is 145 cm³/mol. The van der Waals surface area contributed by atoms with Gasteiger partial charge in [0.2, 0.25) is 0 Å². The Kier molecular flexibility index (Phi) is 7.16. The monoisotopic (exact) mass is 584 g/mol. The molecule has 1 aromatic carbocycles. The summed E-state index contributed by atoms with van der Waals surface area (Å²) in [5.74, 6) is -1.78. The van der Waals surface area contributed by atoms with Gasteiger partial charge in [-0.1, -0.05) is 0 Å². The van der Waals surface area contributed by atoms with Crippen molar-refractivity contribution < 1.29 is 27.5 Å². The summed E-state index contributed by atoms with van der Waals surface area (Å²) in [5, 5.41) is 15.5. The fourth-order valence-corrected chi connectivity index (χ4v) is 5.96. The third-order valence-corrected chi connectivity index (χ3v) is 8.19. The van der Waals surface area contributed by atoms with E-state index in [0.717, 1.165) is 36.8 Å². The first-order valence-corrected chi connectivity index (χ1v) is 13.9. The average Bonchev–Trinajstić information content (AvgIpc) is 3.49. The van der Waals surface area contributed by atoms with Gasteiger partial charge in [0.25, 0.3) is 5.91 Å². The number of aliphatic hydroxyl groups excluding tert-OH is 1. The van der Waals surface area contributed by atoms with Crippen molar-refractivity contribution in [2.45, 2.75) is 43.8 Å². The number of halogens is 4. The molecule has 6 rings (SSSR count). The van der Waals surface area contributed by atoms with Crippen LogP contribution in [0, 0.1) is 5.82 Å². The Morgan fingerprint density at radius 2 is 1.90 bits per heavy atom. The van der Waals surface area contributed by atoms with Crippen molar-refractivity contribution >= 4 is 28.7 Å². The van der Waals surface area contributed by atoms with Gasteiger partial charge in [0.05, 0.1) is 40.2 Å². The van der Waals surface area contributed by atoms with Crippen LogP contribution in [0.3, 0.4) is 0 Å². The number of alkyl halides is 3. The largest absolute Gasteiger partial charge is 0.417 e. The number of thiazole rings is 1. The SMILES string of the molecule is O=C(Nc1cc(-c2csc(C3CC3)n2)cnc1N1CCC[C@@H]1CO)c1cc(-c2ncccn2)c(C(F)(F)F)cc1F. The number of rotatable bonds is 7. The molecule has 0 radical (unpaired) electrons. The molecule has 2 aliphatic rings. The number of benzene rings is 1. The van der Waals surface area contributed by atoms with Gasteiger partial charge in [-0.05, 0) is 49.9 Å². The number of aliphatic hydroxyl groups is 1. The molecule has 1 saturated heterocycles. The fourth-order valence-electron chi connectivity index (χ4n) is 4.96. The summed E-state index contributed by atoms with van der Waals surface area (Å²) in [5.41, 5.74) is -0.895. The first-order valence-electron chi connectivity index (χ1n) is 13.1. The van der Waals surface area contributed by atoms with E-state index in [4.69, 9.17) is 4.98 Å². The molecule has 4 heterocycles. The molecule has 8 nitrogen and oxygen atoms in total. The molecule has 1 atom stereocenters. The number of hydrogen-bond donors (Lipinski definition) is 2. The van der Waals surface area contributed by atoms with Crippen LogP contribution in [0.5, 0.6) is 0 Å². The molecule has 212 valence electrons. The number of carbonyl (C=O) groups excluding carboxylic acids is 1. The minimum absolute atomic E-state index is 0.123. The maximum Gasteiger partial charge on any atom is 0.417 e. The Labute approximate surface area is 236 Å². The molecule has 1 amide bonds. The molecule has 1 saturated carbocycles. The number of carbonyl (C=O) groups is 1. The number of nitrogens with zero attached hydrogens (tertiary/aromatic N) is 5. The van der Waals surface area contributed by atoms with Crippen LogP contribution in [0.25, 0.3) is 22.6 Å². The first kappa shape index (κ1) is 27.2. The Morgan fingerprint density at radius 1 is 1.12 bits per heavy atom. The third kappa shape index (κ3) is 5.51. The highest BCUT2D eigenvalue weighted by molar-refractivity contribution is 7.10. The molecular weight excluding hydrogens is 560 g/mol. The van der Waals surface area contributed by atoms with Gasteiger partial charge in [-0.15, -0.1) is 11.3 Å². The van der Waals surface area contributed by atoms with Crippen LogP contribution in [-0.4, -0.2) is 50.1 Å². The van der Waals surface area contributed by atoms with E-state index in [9.17, 15) is 23.1 Å². The molecule has 0 bridgehead atoms. The van der Waals surface area contributed by atoms with Gasteiger partial charge in [-0.2, -0.15) is 13.2 Å². The normalized spacial score (nSPS) is 17.2. The van der Waals surface area contributed by atoms with Gasteiger partial charge < -0.3 is 15.3 Å². The van der Waals surface area contributed by atoms with Gasteiger partial charge in [0, 0.05) is 47.6 Å². The highest BCUT2D eigenvalue weighted by Crippen LogP contribution is 2.43. The lowest BCUT2D eigenvalue weighted by Gasteiger charge is -2.26. The minimum atomic E-state index is -4.91. The van der Waals surface area contributed by atoms with Crippen LogP contribution in [0.15, 0.2) is 48.2 Å². The molecular formula is C28H24F4N6O2S. The van der Waals surface area contributed by atoms with Crippen LogP contribution in [0.4, 0.5) is 29.1 Å². The summed E-state index contributed by atoms with van der Waals surface area (Å²) in [6.07, 6.45) is 2.95. The van der Waals surface area contributed by atoms with E-state index < -0.39 is 34.6 Å². The van der Waals surface area contributed by atoms with E-state index >= 15 is 4.39 Å². The second-order valence-corrected chi connectivity index (χ2v) is 10.9. The zero-order valence-electron chi connectivity index (χ0n) is 21.5. The van der Waals surface area contributed by atoms with E-state index in [2.05, 4.69) is 20.3 Å². The lowest BCUT2D eigenvalue weighted by molar-refractivity contribution is -0.137. The molecule has 4 aromatic rings. The number of amides is 1. The standard InChI is InChI=1S/C28H24F4N6O2S/c29-21-11-20(28(30,31)32)18(24-33-6-2-7-34-24)10-19(21)26(40)36-22-9-16(23-14-41-27(37-23)15-4-5-15)12-35-25(22)38-8-1-3-17(38)13-39/h2,6-7,9-12,14-15,17,39H,1,3-5,8,13H2,(H,36,40)/t17-/m1/s1. The Bertz CT molecular complexity index is 1590. The first-order chi connectivity index (χ1) is 19.7. The maximum absolute atomic E-state index is 15.1. The second-order valence-electron chi connectivity index (χ2n) is 10.0. The van der Waals surface area contributed by atoms with Crippen molar-refractivity contribution in [3.8, 4) is 22.6 Å². The number of hydrogen-bond acceptors (Lipinski definition) is 8. The molecule has 0 unspecified atom stereocenters.